The Morgan fingerprint density at radius 3 is 2.39 bits per heavy atom. The molecule has 18 heavy (non-hydrogen) atoms. The number of allylic oxidation sites excluding steroid dienone is 7. The van der Waals surface area contributed by atoms with Crippen LogP contribution < -0.4 is 10.6 Å². The zero-order valence-electron chi connectivity index (χ0n) is 10.7. The van der Waals surface area contributed by atoms with Gasteiger partial charge in [0.15, 0.2) is 0 Å². The van der Waals surface area contributed by atoms with E-state index in [1.54, 1.807) is 18.2 Å². The molecule has 0 unspecified atom stereocenters. The molecule has 0 aliphatic carbocycles. The first-order valence-electron chi connectivity index (χ1n) is 5.74. The highest BCUT2D eigenvalue weighted by Crippen LogP contribution is 2.07. The van der Waals surface area contributed by atoms with Gasteiger partial charge in [0.25, 0.3) is 0 Å². The molecular weight excluding hydrogens is 220 g/mol. The van der Waals surface area contributed by atoms with Gasteiger partial charge in [0.2, 0.25) is 0 Å². The van der Waals surface area contributed by atoms with E-state index < -0.39 is 0 Å². The largest absolute Gasteiger partial charge is 0.277 e. The molecule has 0 aliphatic rings. The van der Waals surface area contributed by atoms with Crippen molar-refractivity contribution in [3.8, 4) is 0 Å². The minimum Gasteiger partial charge on any atom is -0.277 e. The van der Waals surface area contributed by atoms with Crippen LogP contribution in [-0.2, 0) is 0 Å². The van der Waals surface area contributed by atoms with Gasteiger partial charge in [-0.2, -0.15) is 5.10 Å². The third-order valence-corrected chi connectivity index (χ3v) is 2.40. The van der Waals surface area contributed by atoms with Crippen molar-refractivity contribution >= 4 is 17.7 Å². The smallest absolute Gasteiger partial charge is 0.0996 e. The van der Waals surface area contributed by atoms with E-state index in [1.165, 1.54) is 0 Å². The SMILES string of the molecule is C=C/C=C\C(=C/C)c1n[nH]c(=C/C=C)/c1=C\C=C. The average Bonchev–Trinajstić information content (AvgIpc) is 2.75. The normalized spacial score (nSPS) is 14.2. The van der Waals surface area contributed by atoms with Crippen LogP contribution in [0.1, 0.15) is 12.6 Å². The lowest BCUT2D eigenvalue weighted by Gasteiger charge is -1.95. The van der Waals surface area contributed by atoms with Crippen molar-refractivity contribution in [1.29, 1.82) is 0 Å². The lowest BCUT2D eigenvalue weighted by Crippen LogP contribution is -2.24. The zero-order chi connectivity index (χ0) is 13.4. The third kappa shape index (κ3) is 3.08. The summed E-state index contributed by atoms with van der Waals surface area (Å²) in [5.41, 5.74) is 1.92. The molecule has 0 atom stereocenters. The van der Waals surface area contributed by atoms with Crippen molar-refractivity contribution in [2.24, 2.45) is 0 Å². The Balaban J connectivity index is 3.51. The lowest BCUT2D eigenvalue weighted by atomic mass is 10.1. The predicted octanol–water partition coefficient (Wildman–Crippen LogP) is 2.49. The van der Waals surface area contributed by atoms with Crippen molar-refractivity contribution in [3.05, 3.63) is 72.5 Å². The summed E-state index contributed by atoms with van der Waals surface area (Å²) in [6, 6.07) is 0. The number of H-pyrrole nitrogens is 1. The Kier molecular flexibility index (Phi) is 5.39. The van der Waals surface area contributed by atoms with E-state index >= 15 is 0 Å². The first-order valence-corrected chi connectivity index (χ1v) is 5.74. The Bertz CT molecular complexity index is 610. The maximum Gasteiger partial charge on any atom is 0.0996 e. The van der Waals surface area contributed by atoms with Crippen LogP contribution in [-0.4, -0.2) is 10.2 Å². The first-order chi connectivity index (χ1) is 8.78. The van der Waals surface area contributed by atoms with Crippen molar-refractivity contribution < 1.29 is 0 Å². The van der Waals surface area contributed by atoms with Crippen LogP contribution in [0.2, 0.25) is 0 Å². The molecule has 0 bridgehead atoms. The van der Waals surface area contributed by atoms with Crippen LogP contribution in [0.4, 0.5) is 0 Å². The quantitative estimate of drug-likeness (QED) is 0.784. The fourth-order valence-electron chi connectivity index (χ4n) is 1.60. The maximum absolute atomic E-state index is 4.34. The van der Waals surface area contributed by atoms with Crippen LogP contribution in [0.5, 0.6) is 0 Å². The summed E-state index contributed by atoms with van der Waals surface area (Å²) in [6.45, 7) is 13.1. The number of rotatable bonds is 5. The number of aromatic nitrogens is 2. The summed E-state index contributed by atoms with van der Waals surface area (Å²) in [6.07, 6.45) is 14.9. The van der Waals surface area contributed by atoms with E-state index in [0.717, 1.165) is 21.8 Å². The molecule has 0 fully saturated rings. The highest BCUT2D eigenvalue weighted by molar-refractivity contribution is 5.73. The molecule has 2 heteroatoms. The van der Waals surface area contributed by atoms with Crippen molar-refractivity contribution in [1.82, 2.24) is 10.2 Å². The molecule has 0 saturated heterocycles. The van der Waals surface area contributed by atoms with Gasteiger partial charge in [-0.1, -0.05) is 62.3 Å². The van der Waals surface area contributed by atoms with Gasteiger partial charge >= 0.3 is 0 Å². The van der Waals surface area contributed by atoms with Crippen LogP contribution in [0.25, 0.3) is 17.7 Å². The van der Waals surface area contributed by atoms with E-state index in [0.29, 0.717) is 0 Å². The molecule has 0 saturated carbocycles. The summed E-state index contributed by atoms with van der Waals surface area (Å²) < 4.78 is 0. The topological polar surface area (TPSA) is 28.7 Å². The van der Waals surface area contributed by atoms with Crippen molar-refractivity contribution in [3.63, 3.8) is 0 Å². The minimum absolute atomic E-state index is 0.892. The fraction of sp³-hybridized carbons (Fsp3) is 0.0625. The van der Waals surface area contributed by atoms with E-state index in [1.807, 2.05) is 37.3 Å². The highest BCUT2D eigenvalue weighted by atomic mass is 15.1. The van der Waals surface area contributed by atoms with Gasteiger partial charge < -0.3 is 0 Å². The van der Waals surface area contributed by atoms with Gasteiger partial charge in [0, 0.05) is 5.22 Å². The second kappa shape index (κ2) is 7.07. The van der Waals surface area contributed by atoms with Gasteiger partial charge in [-0.3, -0.25) is 5.10 Å². The molecule has 0 spiro atoms. The van der Waals surface area contributed by atoms with Gasteiger partial charge in [0.05, 0.1) is 11.0 Å². The standard InChI is InChI=1S/C16H18N2/c1-5-9-12-13(8-4)16-14(10-6-2)15(11-7-3)17-18-16/h5-12,17H,1-3H2,4H3/b12-9-,13-8+,14-10+,15-11+. The van der Waals surface area contributed by atoms with Crippen molar-refractivity contribution in [2.45, 2.75) is 6.92 Å². The molecule has 0 amide bonds. The molecule has 0 radical (unpaired) electrons. The van der Waals surface area contributed by atoms with Gasteiger partial charge in [-0.15, -0.1) is 0 Å². The van der Waals surface area contributed by atoms with E-state index in [-0.39, 0.29) is 0 Å². The molecule has 1 rings (SSSR count). The predicted molar refractivity (Wildman–Crippen MR) is 80.1 cm³/mol. The Hall–Kier alpha value is -2.35. The summed E-state index contributed by atoms with van der Waals surface area (Å²) in [5, 5.41) is 9.26. The molecule has 0 aliphatic heterocycles. The Labute approximate surface area is 108 Å². The van der Waals surface area contributed by atoms with E-state index in [2.05, 4.69) is 29.9 Å². The number of nitrogens with one attached hydrogen (secondary N) is 1. The zero-order valence-corrected chi connectivity index (χ0v) is 10.7. The van der Waals surface area contributed by atoms with Crippen LogP contribution in [0, 0.1) is 0 Å². The van der Waals surface area contributed by atoms with Gasteiger partial charge in [-0.25, -0.2) is 0 Å². The number of nitrogens with zero attached hydrogens (tertiary/aromatic N) is 1. The molecule has 0 aromatic carbocycles. The molecule has 1 aromatic rings. The maximum atomic E-state index is 4.34. The lowest BCUT2D eigenvalue weighted by molar-refractivity contribution is 1.05. The second-order valence-electron chi connectivity index (χ2n) is 3.54. The van der Waals surface area contributed by atoms with Crippen molar-refractivity contribution in [2.75, 3.05) is 0 Å². The summed E-state index contributed by atoms with van der Waals surface area (Å²) in [4.78, 5) is 0. The number of hydrogen-bond acceptors (Lipinski definition) is 1. The second-order valence-corrected chi connectivity index (χ2v) is 3.54. The van der Waals surface area contributed by atoms with Gasteiger partial charge in [-0.05, 0) is 18.6 Å². The summed E-state index contributed by atoms with van der Waals surface area (Å²) in [5.74, 6) is 0. The Morgan fingerprint density at radius 2 is 1.83 bits per heavy atom. The number of hydrogen-bond donors (Lipinski definition) is 1. The summed E-state index contributed by atoms with van der Waals surface area (Å²) >= 11 is 0. The molecule has 1 aromatic heterocycles. The third-order valence-electron chi connectivity index (χ3n) is 2.40. The van der Waals surface area contributed by atoms with Crippen LogP contribution in [0.3, 0.4) is 0 Å². The highest BCUT2D eigenvalue weighted by Gasteiger charge is 2.03. The monoisotopic (exact) mass is 238 g/mol. The molecule has 2 nitrogen and oxygen atoms in total. The summed E-state index contributed by atoms with van der Waals surface area (Å²) in [7, 11) is 0. The molecular formula is C16H18N2. The van der Waals surface area contributed by atoms with Crippen LogP contribution in [0.15, 0.2) is 56.2 Å². The average molecular weight is 238 g/mol. The first kappa shape index (κ1) is 13.7. The number of aromatic amines is 1. The fourth-order valence-corrected chi connectivity index (χ4v) is 1.60. The van der Waals surface area contributed by atoms with Crippen LogP contribution >= 0.6 is 0 Å². The Morgan fingerprint density at radius 1 is 1.11 bits per heavy atom. The van der Waals surface area contributed by atoms with E-state index in [9.17, 15) is 0 Å². The van der Waals surface area contributed by atoms with Gasteiger partial charge in [0.1, 0.15) is 0 Å². The van der Waals surface area contributed by atoms with E-state index in [4.69, 9.17) is 0 Å². The molecule has 1 N–H and O–H groups in total. The molecule has 1 heterocycles. The minimum atomic E-state index is 0.892. The molecule has 92 valence electrons.